The van der Waals surface area contributed by atoms with Crippen LogP contribution in [0.1, 0.15) is 36.7 Å². The number of ether oxygens (including phenoxy) is 1. The van der Waals surface area contributed by atoms with Gasteiger partial charge in [-0.25, -0.2) is 8.42 Å². The van der Waals surface area contributed by atoms with Crippen LogP contribution in [0.15, 0.2) is 72.8 Å². The maximum atomic E-state index is 13.0. The Bertz CT molecular complexity index is 1400. The Labute approximate surface area is 211 Å². The molecule has 1 aliphatic heterocycles. The number of fused-ring (bicyclic) bond motifs is 1. The molecule has 2 amide bonds. The Morgan fingerprint density at radius 3 is 2.19 bits per heavy atom. The number of carbonyl (C=O) groups excluding carboxylic acids is 2. The molecule has 0 aliphatic carbocycles. The van der Waals surface area contributed by atoms with E-state index in [0.717, 1.165) is 16.1 Å². The van der Waals surface area contributed by atoms with Crippen molar-refractivity contribution in [2.24, 2.45) is 0 Å². The van der Waals surface area contributed by atoms with Crippen molar-refractivity contribution in [3.63, 3.8) is 0 Å². The molecule has 36 heavy (non-hydrogen) atoms. The van der Waals surface area contributed by atoms with Gasteiger partial charge < -0.3 is 15.4 Å². The first-order valence-electron chi connectivity index (χ1n) is 11.5. The summed E-state index contributed by atoms with van der Waals surface area (Å²) in [6, 6.07) is 20.8. The number of anilines is 3. The zero-order valence-corrected chi connectivity index (χ0v) is 21.4. The number of sulfonamides is 1. The Morgan fingerprint density at radius 1 is 0.917 bits per heavy atom. The first-order valence-corrected chi connectivity index (χ1v) is 13.3. The van der Waals surface area contributed by atoms with E-state index in [1.807, 2.05) is 12.1 Å². The van der Waals surface area contributed by atoms with E-state index in [-0.39, 0.29) is 17.9 Å². The molecule has 1 atom stereocenters. The van der Waals surface area contributed by atoms with Gasteiger partial charge in [-0.1, -0.05) is 51.1 Å². The summed E-state index contributed by atoms with van der Waals surface area (Å²) in [7, 11) is -3.61. The highest BCUT2D eigenvalue weighted by Crippen LogP contribution is 2.35. The summed E-state index contributed by atoms with van der Waals surface area (Å²) in [4.78, 5) is 25.7. The van der Waals surface area contributed by atoms with E-state index in [0.29, 0.717) is 28.4 Å². The number of nitrogens with zero attached hydrogens (tertiary/aromatic N) is 1. The van der Waals surface area contributed by atoms with E-state index in [1.165, 1.54) is 0 Å². The van der Waals surface area contributed by atoms with Gasteiger partial charge in [-0.2, -0.15) is 0 Å². The molecule has 0 fully saturated rings. The van der Waals surface area contributed by atoms with Gasteiger partial charge in [0.05, 0.1) is 18.5 Å². The van der Waals surface area contributed by atoms with Crippen LogP contribution in [-0.2, 0) is 20.2 Å². The van der Waals surface area contributed by atoms with Gasteiger partial charge in [-0.3, -0.25) is 13.9 Å². The van der Waals surface area contributed by atoms with Gasteiger partial charge in [0.15, 0.2) is 6.10 Å². The number of nitrogens with one attached hydrogen (secondary N) is 2. The third-order valence-corrected chi connectivity index (χ3v) is 6.98. The van der Waals surface area contributed by atoms with E-state index in [4.69, 9.17) is 4.74 Å². The van der Waals surface area contributed by atoms with Crippen LogP contribution in [0.2, 0.25) is 0 Å². The number of rotatable bonds is 5. The van der Waals surface area contributed by atoms with Crippen LogP contribution >= 0.6 is 0 Å². The zero-order valence-electron chi connectivity index (χ0n) is 20.6. The van der Waals surface area contributed by atoms with Crippen molar-refractivity contribution >= 4 is 38.9 Å². The van der Waals surface area contributed by atoms with Gasteiger partial charge >= 0.3 is 0 Å². The quantitative estimate of drug-likeness (QED) is 0.533. The fourth-order valence-electron chi connectivity index (χ4n) is 3.88. The van der Waals surface area contributed by atoms with Crippen LogP contribution in [0.3, 0.4) is 0 Å². The summed E-state index contributed by atoms with van der Waals surface area (Å²) in [5.74, 6) is -0.456. The lowest BCUT2D eigenvalue weighted by Crippen LogP contribution is -2.48. The van der Waals surface area contributed by atoms with Crippen LogP contribution in [0, 0.1) is 0 Å². The fourth-order valence-corrected chi connectivity index (χ4v) is 4.79. The largest absolute Gasteiger partial charge is 0.476 e. The Morgan fingerprint density at radius 2 is 1.56 bits per heavy atom. The summed E-state index contributed by atoms with van der Waals surface area (Å²) in [5.41, 5.74) is 2.98. The molecule has 1 heterocycles. The molecule has 0 unspecified atom stereocenters. The standard InChI is InChI=1S/C27H29N3O5S/c1-27(2,3)19-14-12-18(13-15-19)25(31)28-20-8-7-9-21(16-20)29-26(32)24-17-30(36(4,33)34)22-10-5-6-11-23(22)35-24/h5-16,24H,17H2,1-4H3,(H,28,31)(H,29,32)/t24-/m0/s1. The van der Waals surface area contributed by atoms with Crippen molar-refractivity contribution in [2.75, 3.05) is 27.7 Å². The molecule has 3 aromatic carbocycles. The minimum Gasteiger partial charge on any atom is -0.476 e. The molecule has 0 aromatic heterocycles. The van der Waals surface area contributed by atoms with Crippen LogP contribution < -0.4 is 19.7 Å². The number of para-hydroxylation sites is 2. The van der Waals surface area contributed by atoms with Gasteiger partial charge in [0, 0.05) is 16.9 Å². The molecular weight excluding hydrogens is 478 g/mol. The third kappa shape index (κ3) is 5.68. The highest BCUT2D eigenvalue weighted by atomic mass is 32.2. The number of hydrogen-bond donors (Lipinski definition) is 2. The second-order valence-electron chi connectivity index (χ2n) is 9.72. The zero-order chi connectivity index (χ0) is 26.1. The summed E-state index contributed by atoms with van der Waals surface area (Å²) < 4.78 is 31.6. The molecule has 0 bridgehead atoms. The van der Waals surface area contributed by atoms with Gasteiger partial charge in [-0.05, 0) is 53.4 Å². The van der Waals surface area contributed by atoms with Crippen molar-refractivity contribution in [2.45, 2.75) is 32.3 Å². The van der Waals surface area contributed by atoms with Crippen LogP contribution in [-0.4, -0.2) is 39.1 Å². The lowest BCUT2D eigenvalue weighted by molar-refractivity contribution is -0.122. The topological polar surface area (TPSA) is 105 Å². The van der Waals surface area contributed by atoms with Gasteiger partial charge in [-0.15, -0.1) is 0 Å². The Balaban J connectivity index is 1.45. The lowest BCUT2D eigenvalue weighted by Gasteiger charge is -2.33. The van der Waals surface area contributed by atoms with Crippen molar-refractivity contribution in [1.82, 2.24) is 0 Å². The SMILES string of the molecule is CC(C)(C)c1ccc(C(=O)Nc2cccc(NC(=O)[C@@H]3CN(S(C)(=O)=O)c4ccccc4O3)c2)cc1. The molecule has 188 valence electrons. The Hall–Kier alpha value is -3.85. The van der Waals surface area contributed by atoms with Crippen LogP contribution in [0.4, 0.5) is 17.1 Å². The summed E-state index contributed by atoms with van der Waals surface area (Å²) in [6.07, 6.45) is 0.0431. The van der Waals surface area contributed by atoms with E-state index >= 15 is 0 Å². The first-order chi connectivity index (χ1) is 16.9. The predicted molar refractivity (Wildman–Crippen MR) is 141 cm³/mol. The van der Waals surface area contributed by atoms with E-state index in [1.54, 1.807) is 60.7 Å². The van der Waals surface area contributed by atoms with Crippen molar-refractivity contribution < 1.29 is 22.7 Å². The number of benzene rings is 3. The van der Waals surface area contributed by atoms with E-state index in [2.05, 4.69) is 31.4 Å². The average molecular weight is 508 g/mol. The van der Waals surface area contributed by atoms with Gasteiger partial charge in [0.25, 0.3) is 11.8 Å². The number of carbonyl (C=O) groups is 2. The molecular formula is C27H29N3O5S. The van der Waals surface area contributed by atoms with E-state index < -0.39 is 22.0 Å². The maximum Gasteiger partial charge on any atom is 0.267 e. The smallest absolute Gasteiger partial charge is 0.267 e. The molecule has 3 aromatic rings. The molecule has 0 spiro atoms. The third-order valence-electron chi connectivity index (χ3n) is 5.83. The van der Waals surface area contributed by atoms with Crippen molar-refractivity contribution in [1.29, 1.82) is 0 Å². The molecule has 0 saturated heterocycles. The lowest BCUT2D eigenvalue weighted by atomic mass is 9.87. The van der Waals surface area contributed by atoms with Gasteiger partial charge in [0.2, 0.25) is 10.0 Å². The predicted octanol–water partition coefficient (Wildman–Crippen LogP) is 4.40. The summed E-state index contributed by atoms with van der Waals surface area (Å²) in [5, 5.41) is 5.60. The monoisotopic (exact) mass is 507 g/mol. The number of amides is 2. The molecule has 4 rings (SSSR count). The maximum absolute atomic E-state index is 13.0. The van der Waals surface area contributed by atoms with Gasteiger partial charge in [0.1, 0.15) is 5.75 Å². The van der Waals surface area contributed by atoms with E-state index in [9.17, 15) is 18.0 Å². The first kappa shape index (κ1) is 25.2. The molecule has 0 radical (unpaired) electrons. The summed E-state index contributed by atoms with van der Waals surface area (Å²) >= 11 is 0. The fraction of sp³-hybridized carbons (Fsp3) is 0.259. The van der Waals surface area contributed by atoms with Crippen molar-refractivity contribution in [3.05, 3.63) is 83.9 Å². The number of hydrogen-bond acceptors (Lipinski definition) is 5. The highest BCUT2D eigenvalue weighted by molar-refractivity contribution is 7.92. The highest BCUT2D eigenvalue weighted by Gasteiger charge is 2.34. The normalized spacial score (nSPS) is 15.4. The van der Waals surface area contributed by atoms with Crippen molar-refractivity contribution in [3.8, 4) is 5.75 Å². The molecule has 2 N–H and O–H groups in total. The minimum absolute atomic E-state index is 0.00990. The molecule has 9 heteroatoms. The summed E-state index contributed by atoms with van der Waals surface area (Å²) in [6.45, 7) is 6.18. The molecule has 8 nitrogen and oxygen atoms in total. The minimum atomic E-state index is -3.61. The second-order valence-corrected chi connectivity index (χ2v) is 11.6. The van der Waals surface area contributed by atoms with Crippen LogP contribution in [0.5, 0.6) is 5.75 Å². The van der Waals surface area contributed by atoms with Crippen LogP contribution in [0.25, 0.3) is 0 Å². The molecule has 0 saturated carbocycles. The Kier molecular flexibility index (Phi) is 6.77. The average Bonchev–Trinajstić information content (AvgIpc) is 2.82. The second kappa shape index (κ2) is 9.66. The molecule has 1 aliphatic rings.